The monoisotopic (exact) mass is 508 g/mol. The van der Waals surface area contributed by atoms with E-state index >= 15 is 0 Å². The number of aromatic amines is 1. The highest BCUT2D eigenvalue weighted by atomic mass is 19.4. The predicted molar refractivity (Wildman–Crippen MR) is 117 cm³/mol. The summed E-state index contributed by atoms with van der Waals surface area (Å²) < 4.78 is 66.6. The molecule has 0 bridgehead atoms. The molecule has 0 aromatic carbocycles. The van der Waals surface area contributed by atoms with Crippen molar-refractivity contribution in [1.29, 1.82) is 0 Å². The van der Waals surface area contributed by atoms with Crippen LogP contribution >= 0.6 is 0 Å². The first-order valence-corrected chi connectivity index (χ1v) is 11.4. The number of carbonyl (C=O) groups is 1. The maximum Gasteiger partial charge on any atom is 0.391 e. The Morgan fingerprint density at radius 1 is 1.08 bits per heavy atom. The molecular weight excluding hydrogens is 487 g/mol. The van der Waals surface area contributed by atoms with Crippen LogP contribution in [0.4, 0.5) is 22.0 Å². The lowest BCUT2D eigenvalue weighted by molar-refractivity contribution is -0.182. The molecule has 190 valence electrons. The van der Waals surface area contributed by atoms with Crippen LogP contribution in [0.1, 0.15) is 72.4 Å². The Balaban J connectivity index is 1.58. The van der Waals surface area contributed by atoms with Gasteiger partial charge in [-0.3, -0.25) is 9.59 Å². The van der Waals surface area contributed by atoms with Crippen LogP contribution in [-0.2, 0) is 0 Å². The van der Waals surface area contributed by atoms with Crippen molar-refractivity contribution in [2.75, 3.05) is 0 Å². The van der Waals surface area contributed by atoms with Crippen molar-refractivity contribution in [3.63, 3.8) is 0 Å². The number of pyridine rings is 1. The van der Waals surface area contributed by atoms with E-state index in [-0.39, 0.29) is 59.7 Å². The molecule has 8 nitrogen and oxygen atoms in total. The van der Waals surface area contributed by atoms with Crippen LogP contribution < -0.4 is 11.2 Å². The molecule has 36 heavy (non-hydrogen) atoms. The number of primary amides is 1. The van der Waals surface area contributed by atoms with Crippen molar-refractivity contribution in [3.05, 3.63) is 45.9 Å². The Hall–Kier alpha value is -3.51. The first-order chi connectivity index (χ1) is 16.9. The van der Waals surface area contributed by atoms with Crippen LogP contribution in [0.2, 0.25) is 0 Å². The van der Waals surface area contributed by atoms with Crippen LogP contribution in [-0.4, -0.2) is 43.2 Å². The summed E-state index contributed by atoms with van der Waals surface area (Å²) in [7, 11) is 0. The van der Waals surface area contributed by atoms with Gasteiger partial charge in [-0.05, 0) is 25.7 Å². The number of carbonyl (C=O) groups excluding carboxylic acids is 1. The molecule has 2 saturated carbocycles. The van der Waals surface area contributed by atoms with Crippen LogP contribution in [0.15, 0.2) is 23.3 Å². The second kappa shape index (κ2) is 8.56. The molecule has 13 heteroatoms. The molecular formula is C23H21F5N6O2. The molecule has 2 aliphatic rings. The summed E-state index contributed by atoms with van der Waals surface area (Å²) in [6, 6.07) is 1.21. The Morgan fingerprint density at radius 3 is 2.39 bits per heavy atom. The number of halogens is 5. The fourth-order valence-corrected chi connectivity index (χ4v) is 5.10. The summed E-state index contributed by atoms with van der Waals surface area (Å²) in [5.74, 6) is -5.85. The average molecular weight is 508 g/mol. The maximum absolute atomic E-state index is 13.5. The van der Waals surface area contributed by atoms with Gasteiger partial charge in [0, 0.05) is 42.5 Å². The topological polar surface area (TPSA) is 128 Å². The number of alkyl halides is 5. The zero-order valence-electron chi connectivity index (χ0n) is 18.8. The molecule has 2 aliphatic carbocycles. The number of rotatable bonds is 4. The second-order valence-electron chi connectivity index (χ2n) is 9.47. The number of hydrogen-bond donors (Lipinski definition) is 2. The highest BCUT2D eigenvalue weighted by molar-refractivity contribution is 6.03. The van der Waals surface area contributed by atoms with Gasteiger partial charge in [0.05, 0.1) is 34.4 Å². The molecule has 0 spiro atoms. The van der Waals surface area contributed by atoms with Gasteiger partial charge in [0.25, 0.3) is 5.91 Å². The molecule has 3 N–H and O–H groups in total. The number of aromatic nitrogens is 5. The predicted octanol–water partition coefficient (Wildman–Crippen LogP) is 4.22. The van der Waals surface area contributed by atoms with Crippen molar-refractivity contribution in [2.24, 2.45) is 11.7 Å². The first-order valence-electron chi connectivity index (χ1n) is 11.4. The van der Waals surface area contributed by atoms with Gasteiger partial charge < -0.3 is 10.7 Å². The van der Waals surface area contributed by atoms with E-state index in [4.69, 9.17) is 5.73 Å². The third kappa shape index (κ3) is 4.42. The van der Waals surface area contributed by atoms with Gasteiger partial charge in [-0.25, -0.2) is 18.7 Å². The largest absolute Gasteiger partial charge is 0.391 e. The molecule has 3 aromatic heterocycles. The lowest BCUT2D eigenvalue weighted by Crippen LogP contribution is -2.35. The summed E-state index contributed by atoms with van der Waals surface area (Å²) in [6.45, 7) is 0. The molecule has 5 rings (SSSR count). The fraction of sp³-hybridized carbons (Fsp3) is 0.478. The molecule has 0 aliphatic heterocycles. The smallest absolute Gasteiger partial charge is 0.364 e. The Morgan fingerprint density at radius 2 is 1.78 bits per heavy atom. The summed E-state index contributed by atoms with van der Waals surface area (Å²) in [5, 5.41) is 7.26. The van der Waals surface area contributed by atoms with E-state index in [1.807, 2.05) is 0 Å². The van der Waals surface area contributed by atoms with E-state index in [1.54, 1.807) is 0 Å². The van der Waals surface area contributed by atoms with Gasteiger partial charge in [-0.2, -0.15) is 18.3 Å². The van der Waals surface area contributed by atoms with Crippen molar-refractivity contribution in [3.8, 4) is 11.3 Å². The zero-order chi connectivity index (χ0) is 25.8. The fourth-order valence-electron chi connectivity index (χ4n) is 5.10. The van der Waals surface area contributed by atoms with Crippen molar-refractivity contribution < 1.29 is 26.7 Å². The van der Waals surface area contributed by atoms with Crippen LogP contribution in [0.3, 0.4) is 0 Å². The van der Waals surface area contributed by atoms with E-state index in [0.29, 0.717) is 11.3 Å². The number of nitrogens with one attached hydrogen (secondary N) is 1. The molecule has 0 radical (unpaired) electrons. The molecule has 3 heterocycles. The molecule has 0 unspecified atom stereocenters. The number of fused-ring (bicyclic) bond motifs is 1. The highest BCUT2D eigenvalue weighted by Gasteiger charge is 2.48. The molecule has 0 saturated heterocycles. The Labute approximate surface area is 200 Å². The lowest BCUT2D eigenvalue weighted by Gasteiger charge is -2.35. The quantitative estimate of drug-likeness (QED) is 0.508. The summed E-state index contributed by atoms with van der Waals surface area (Å²) in [4.78, 5) is 36.4. The highest BCUT2D eigenvalue weighted by Crippen LogP contribution is 2.48. The van der Waals surface area contributed by atoms with E-state index in [0.717, 1.165) is 0 Å². The number of nitrogens with zero attached hydrogens (tertiary/aromatic N) is 4. The third-order valence-electron chi connectivity index (χ3n) is 7.03. The van der Waals surface area contributed by atoms with Crippen LogP contribution in [0, 0.1) is 5.92 Å². The van der Waals surface area contributed by atoms with E-state index in [1.165, 1.54) is 18.5 Å². The minimum absolute atomic E-state index is 0.0530. The maximum atomic E-state index is 13.5. The van der Waals surface area contributed by atoms with E-state index < -0.39 is 48.1 Å². The SMILES string of the molecule is NC(=O)c1nncc2[nH]c(-c3cnc(C4CC(F)(F)C4)nc3[C@H]3CC[C@@H](C(F)(F)F)CC3)cc(=O)c12. The number of H-pyrrole nitrogens is 1. The number of nitrogens with two attached hydrogens (primary N) is 1. The van der Waals surface area contributed by atoms with Crippen molar-refractivity contribution in [1.82, 2.24) is 25.1 Å². The van der Waals surface area contributed by atoms with Crippen molar-refractivity contribution in [2.45, 2.75) is 62.5 Å². The van der Waals surface area contributed by atoms with Gasteiger partial charge >= 0.3 is 6.18 Å². The molecule has 1 amide bonds. The molecule has 3 aromatic rings. The number of hydrogen-bond acceptors (Lipinski definition) is 6. The van der Waals surface area contributed by atoms with Gasteiger partial charge in [0.15, 0.2) is 11.1 Å². The van der Waals surface area contributed by atoms with Crippen LogP contribution in [0.25, 0.3) is 22.2 Å². The van der Waals surface area contributed by atoms with Crippen LogP contribution in [0.5, 0.6) is 0 Å². The second-order valence-corrected chi connectivity index (χ2v) is 9.47. The van der Waals surface area contributed by atoms with Gasteiger partial charge in [-0.1, -0.05) is 0 Å². The lowest BCUT2D eigenvalue weighted by atomic mass is 9.78. The normalized spacial score (nSPS) is 22.4. The summed E-state index contributed by atoms with van der Waals surface area (Å²) in [5.41, 5.74) is 5.63. The number of amides is 1. The molecule has 0 atom stereocenters. The van der Waals surface area contributed by atoms with Gasteiger partial charge in [0.2, 0.25) is 5.92 Å². The third-order valence-corrected chi connectivity index (χ3v) is 7.03. The minimum Gasteiger partial charge on any atom is -0.364 e. The van der Waals surface area contributed by atoms with E-state index in [9.17, 15) is 31.5 Å². The van der Waals surface area contributed by atoms with E-state index in [2.05, 4.69) is 25.1 Å². The molecule has 2 fully saturated rings. The summed E-state index contributed by atoms with van der Waals surface area (Å²) in [6.07, 6.45) is -2.20. The minimum atomic E-state index is -4.29. The first kappa shape index (κ1) is 24.2. The summed E-state index contributed by atoms with van der Waals surface area (Å²) >= 11 is 0. The Bertz CT molecular complexity index is 1390. The van der Waals surface area contributed by atoms with Gasteiger partial charge in [0.1, 0.15) is 5.82 Å². The Kier molecular flexibility index (Phi) is 5.75. The average Bonchev–Trinajstić information content (AvgIpc) is 2.81. The van der Waals surface area contributed by atoms with Gasteiger partial charge in [-0.15, -0.1) is 5.10 Å². The van der Waals surface area contributed by atoms with Crippen molar-refractivity contribution >= 4 is 16.8 Å². The zero-order valence-corrected chi connectivity index (χ0v) is 18.8. The standard InChI is InChI=1S/C23H21F5N6O2/c24-22(25)6-11(7-22)21-30-8-13(18(33-21)10-1-3-12(4-2-10)23(26,27)28)14-5-16(35)17-15(32-14)9-31-34-19(17)20(29)36/h5,8-12H,1-4,6-7H2,(H2,29,36)(H,32,35)/t10-,12+.